The second-order valence-electron chi connectivity index (χ2n) is 7.39. The van der Waals surface area contributed by atoms with E-state index in [1.807, 2.05) is 38.1 Å². The molecule has 31 heavy (non-hydrogen) atoms. The van der Waals surface area contributed by atoms with Gasteiger partial charge in [0, 0.05) is 5.69 Å². The van der Waals surface area contributed by atoms with Gasteiger partial charge in [0.25, 0.3) is 5.56 Å². The Balaban J connectivity index is 1.74. The number of halogens is 1. The van der Waals surface area contributed by atoms with Crippen molar-refractivity contribution in [2.24, 2.45) is 0 Å². The lowest BCUT2D eigenvalue weighted by atomic mass is 10.0. The summed E-state index contributed by atoms with van der Waals surface area (Å²) in [5.74, 6) is 0.0540. The van der Waals surface area contributed by atoms with Crippen molar-refractivity contribution in [2.75, 3.05) is 5.32 Å². The molecule has 3 heterocycles. The van der Waals surface area contributed by atoms with Crippen LogP contribution >= 0.6 is 0 Å². The zero-order valence-electron chi connectivity index (χ0n) is 16.9. The number of benzene rings is 2. The highest BCUT2D eigenvalue weighted by molar-refractivity contribution is 5.86. The van der Waals surface area contributed by atoms with E-state index >= 15 is 0 Å². The number of H-pyrrole nitrogens is 1. The highest BCUT2D eigenvalue weighted by Crippen LogP contribution is 2.27. The summed E-state index contributed by atoms with van der Waals surface area (Å²) in [6.45, 7) is 3.78. The van der Waals surface area contributed by atoms with Gasteiger partial charge in [0.1, 0.15) is 17.7 Å². The number of aromatic nitrogens is 5. The minimum atomic E-state index is -0.470. The molecule has 0 amide bonds. The first kappa shape index (κ1) is 18.9. The van der Waals surface area contributed by atoms with Gasteiger partial charge < -0.3 is 10.3 Å². The molecule has 1 atom stereocenters. The topological polar surface area (TPSA) is 88.5 Å². The molecule has 154 valence electrons. The van der Waals surface area contributed by atoms with E-state index in [1.54, 1.807) is 24.5 Å². The van der Waals surface area contributed by atoms with E-state index in [1.165, 1.54) is 17.0 Å². The van der Waals surface area contributed by atoms with Crippen LogP contribution in [0.4, 0.5) is 10.2 Å². The number of hydrogen-bond donors (Lipinski definition) is 2. The van der Waals surface area contributed by atoms with Crippen LogP contribution in [0.1, 0.15) is 24.2 Å². The molecule has 0 aliphatic carbocycles. The zero-order chi connectivity index (χ0) is 21.5. The van der Waals surface area contributed by atoms with E-state index in [4.69, 9.17) is 0 Å². The molecule has 0 aliphatic heterocycles. The van der Waals surface area contributed by atoms with E-state index in [-0.39, 0.29) is 17.3 Å². The number of fused-ring (bicyclic) bond motifs is 2. The molecule has 2 aromatic carbocycles. The van der Waals surface area contributed by atoms with Crippen molar-refractivity contribution in [3.63, 3.8) is 0 Å². The van der Waals surface area contributed by atoms with Crippen molar-refractivity contribution in [3.8, 4) is 5.69 Å². The van der Waals surface area contributed by atoms with Gasteiger partial charge in [-0.1, -0.05) is 30.3 Å². The largest absolute Gasteiger partial charge is 0.360 e. The third-order valence-electron chi connectivity index (χ3n) is 5.39. The van der Waals surface area contributed by atoms with Crippen molar-refractivity contribution < 1.29 is 4.39 Å². The van der Waals surface area contributed by atoms with Gasteiger partial charge in [0.05, 0.1) is 23.4 Å². The van der Waals surface area contributed by atoms with Crippen molar-refractivity contribution in [2.45, 2.75) is 19.9 Å². The first-order chi connectivity index (χ1) is 15.0. The van der Waals surface area contributed by atoms with Crippen molar-refractivity contribution in [1.82, 2.24) is 24.5 Å². The fraction of sp³-hybridized carbons (Fsp3) is 0.130. The van der Waals surface area contributed by atoms with Gasteiger partial charge in [-0.15, -0.1) is 0 Å². The fourth-order valence-electron chi connectivity index (χ4n) is 3.91. The molecule has 8 heteroatoms. The maximum Gasteiger partial charge on any atom is 0.263 e. The molecule has 3 aromatic heterocycles. The summed E-state index contributed by atoms with van der Waals surface area (Å²) in [5, 5.41) is 4.68. The molecule has 5 rings (SSSR count). The summed E-state index contributed by atoms with van der Waals surface area (Å²) in [4.78, 5) is 29.2. The summed E-state index contributed by atoms with van der Waals surface area (Å²) >= 11 is 0. The Hall–Kier alpha value is -4.07. The van der Waals surface area contributed by atoms with E-state index in [9.17, 15) is 9.18 Å². The average molecular weight is 414 g/mol. The first-order valence-electron chi connectivity index (χ1n) is 9.85. The van der Waals surface area contributed by atoms with Crippen LogP contribution in [0.5, 0.6) is 0 Å². The number of rotatable bonds is 4. The van der Waals surface area contributed by atoms with E-state index in [0.29, 0.717) is 28.1 Å². The Labute approximate surface area is 176 Å². The van der Waals surface area contributed by atoms with E-state index in [0.717, 1.165) is 10.9 Å². The Morgan fingerprint density at radius 1 is 1.10 bits per heavy atom. The highest BCUT2D eigenvalue weighted by atomic mass is 19.1. The standard InChI is InChI=1S/C23H19FN6O/c1-13-6-5-7-15-10-18(14(2)29-22-20-21(26-11-25-20)27-12-28-22)30(23(31)19(13)15)17-9-4-3-8-16(17)24/h3-12,14H,1-2H3,(H2,25,26,27,28,29). The lowest BCUT2D eigenvalue weighted by molar-refractivity contribution is 0.611. The number of para-hydroxylation sites is 1. The van der Waals surface area contributed by atoms with E-state index in [2.05, 4.69) is 25.3 Å². The lowest BCUT2D eigenvalue weighted by Gasteiger charge is -2.22. The minimum Gasteiger partial charge on any atom is -0.360 e. The molecule has 7 nitrogen and oxygen atoms in total. The van der Waals surface area contributed by atoms with E-state index < -0.39 is 5.82 Å². The number of pyridine rings is 1. The number of aromatic amines is 1. The Kier molecular flexibility index (Phi) is 4.47. The van der Waals surface area contributed by atoms with Crippen LogP contribution in [0.2, 0.25) is 0 Å². The third-order valence-corrected chi connectivity index (χ3v) is 5.39. The number of hydrogen-bond acceptors (Lipinski definition) is 5. The maximum absolute atomic E-state index is 14.8. The van der Waals surface area contributed by atoms with Crippen LogP contribution in [-0.2, 0) is 0 Å². The molecule has 0 bridgehead atoms. The van der Waals surface area contributed by atoms with Gasteiger partial charge in [-0.05, 0) is 43.0 Å². The first-order valence-corrected chi connectivity index (χ1v) is 9.85. The third kappa shape index (κ3) is 3.13. The Morgan fingerprint density at radius 2 is 1.94 bits per heavy atom. The van der Waals surface area contributed by atoms with Gasteiger partial charge >= 0.3 is 0 Å². The summed E-state index contributed by atoms with van der Waals surface area (Å²) in [5.41, 5.74) is 2.58. The van der Waals surface area contributed by atoms with Crippen LogP contribution < -0.4 is 10.9 Å². The second-order valence-corrected chi connectivity index (χ2v) is 7.39. The molecule has 0 aliphatic rings. The van der Waals surface area contributed by atoms with Crippen molar-refractivity contribution in [3.05, 3.63) is 88.6 Å². The maximum atomic E-state index is 14.8. The Morgan fingerprint density at radius 3 is 2.77 bits per heavy atom. The molecule has 0 radical (unpaired) electrons. The van der Waals surface area contributed by atoms with Gasteiger partial charge in [0.15, 0.2) is 11.5 Å². The van der Waals surface area contributed by atoms with Gasteiger partial charge in [0.2, 0.25) is 0 Å². The van der Waals surface area contributed by atoms with Crippen LogP contribution in [0.25, 0.3) is 27.6 Å². The average Bonchev–Trinajstić information content (AvgIpc) is 3.24. The number of nitrogens with zero attached hydrogens (tertiary/aromatic N) is 4. The number of nitrogens with one attached hydrogen (secondary N) is 2. The zero-order valence-corrected chi connectivity index (χ0v) is 16.9. The van der Waals surface area contributed by atoms with Gasteiger partial charge in [-0.3, -0.25) is 9.36 Å². The van der Waals surface area contributed by atoms with Crippen LogP contribution in [0.3, 0.4) is 0 Å². The summed E-state index contributed by atoms with van der Waals surface area (Å²) in [6.07, 6.45) is 2.98. The minimum absolute atomic E-state index is 0.203. The molecular weight excluding hydrogens is 395 g/mol. The van der Waals surface area contributed by atoms with Gasteiger partial charge in [-0.25, -0.2) is 19.3 Å². The Bertz CT molecular complexity index is 1490. The highest BCUT2D eigenvalue weighted by Gasteiger charge is 2.20. The lowest BCUT2D eigenvalue weighted by Crippen LogP contribution is -2.26. The summed E-state index contributed by atoms with van der Waals surface area (Å²) < 4.78 is 16.2. The fourth-order valence-corrected chi connectivity index (χ4v) is 3.91. The molecule has 5 aromatic rings. The van der Waals surface area contributed by atoms with Crippen LogP contribution in [-0.4, -0.2) is 24.5 Å². The second kappa shape index (κ2) is 7.32. The predicted molar refractivity (Wildman–Crippen MR) is 118 cm³/mol. The summed E-state index contributed by atoms with van der Waals surface area (Å²) in [7, 11) is 0. The van der Waals surface area contributed by atoms with Crippen molar-refractivity contribution >= 4 is 27.8 Å². The molecule has 0 fully saturated rings. The van der Waals surface area contributed by atoms with Crippen LogP contribution in [0, 0.1) is 12.7 Å². The molecular formula is C23H19FN6O. The number of imidazole rings is 1. The number of aryl methyl sites for hydroxylation is 1. The smallest absolute Gasteiger partial charge is 0.263 e. The van der Waals surface area contributed by atoms with Crippen LogP contribution in [0.15, 0.2) is 66.0 Å². The molecule has 1 unspecified atom stereocenters. The molecule has 0 saturated heterocycles. The molecule has 0 spiro atoms. The quantitative estimate of drug-likeness (QED) is 0.458. The van der Waals surface area contributed by atoms with Crippen molar-refractivity contribution in [1.29, 1.82) is 0 Å². The molecule has 0 saturated carbocycles. The summed E-state index contributed by atoms with van der Waals surface area (Å²) in [6, 6.07) is 13.5. The normalized spacial score (nSPS) is 12.4. The SMILES string of the molecule is Cc1cccc2cc(C(C)Nc3ncnc4[nH]cnc34)n(-c3ccccc3F)c(=O)c12. The van der Waals surface area contributed by atoms with Gasteiger partial charge in [-0.2, -0.15) is 0 Å². The predicted octanol–water partition coefficient (Wildman–Crippen LogP) is 4.28. The molecule has 2 N–H and O–H groups in total. The number of anilines is 1. The monoisotopic (exact) mass is 414 g/mol.